The van der Waals surface area contributed by atoms with E-state index in [1.165, 1.54) is 52.4 Å². The number of aromatic nitrogens is 1. The highest BCUT2D eigenvalue weighted by molar-refractivity contribution is 6.07. The monoisotopic (exact) mass is 613 g/mol. The van der Waals surface area contributed by atoms with Crippen molar-refractivity contribution < 1.29 is 13.6 Å². The number of nitrogens with one attached hydrogen (secondary N) is 1. The lowest BCUT2D eigenvalue weighted by Gasteiger charge is -2.36. The molecule has 4 aromatic carbocycles. The molecule has 6 rings (SSSR count). The van der Waals surface area contributed by atoms with Crippen LogP contribution < -0.4 is 15.1 Å². The van der Waals surface area contributed by atoms with Gasteiger partial charge in [0.2, 0.25) is 0 Å². The molecule has 2 heterocycles. The van der Waals surface area contributed by atoms with Gasteiger partial charge < -0.3 is 10.2 Å². The first-order valence-corrected chi connectivity index (χ1v) is 14.5. The van der Waals surface area contributed by atoms with Crippen molar-refractivity contribution in [2.24, 2.45) is 0 Å². The van der Waals surface area contributed by atoms with Crippen molar-refractivity contribution in [2.75, 3.05) is 47.8 Å². The van der Waals surface area contributed by atoms with Gasteiger partial charge in [0.25, 0.3) is 0 Å². The summed E-state index contributed by atoms with van der Waals surface area (Å²) in [5, 5.41) is 4.01. The Morgan fingerprint density at radius 3 is 2.23 bits per heavy atom. The Morgan fingerprint density at radius 1 is 0.818 bits per heavy atom. The fourth-order valence-corrected chi connectivity index (χ4v) is 5.55. The van der Waals surface area contributed by atoms with E-state index in [0.29, 0.717) is 17.1 Å². The maximum absolute atomic E-state index is 13.7. The van der Waals surface area contributed by atoms with Crippen LogP contribution in [0.25, 0.3) is 10.9 Å². The number of urea groups is 1. The molecule has 0 bridgehead atoms. The molecule has 0 aliphatic carbocycles. The number of nitrogens with zero attached hydrogens (tertiary/aromatic N) is 4. The van der Waals surface area contributed by atoms with E-state index in [9.17, 15) is 13.6 Å². The highest BCUT2D eigenvalue weighted by atomic mass is 35.5. The molecule has 1 aliphatic heterocycles. The second-order valence-corrected chi connectivity index (χ2v) is 10.8. The van der Waals surface area contributed by atoms with Crippen molar-refractivity contribution in [2.45, 2.75) is 13.3 Å². The lowest BCUT2D eigenvalue weighted by molar-refractivity contribution is 0.259. The van der Waals surface area contributed by atoms with Gasteiger partial charge in [0.05, 0.1) is 16.9 Å². The molecule has 1 saturated heterocycles. The molecule has 1 N–H and O–H groups in total. The molecule has 0 atom stereocenters. The van der Waals surface area contributed by atoms with Crippen LogP contribution in [0.15, 0.2) is 103 Å². The maximum atomic E-state index is 13.7. The van der Waals surface area contributed by atoms with Gasteiger partial charge in [-0.3, -0.25) is 14.8 Å². The second-order valence-electron chi connectivity index (χ2n) is 10.8. The van der Waals surface area contributed by atoms with Gasteiger partial charge in [-0.1, -0.05) is 18.2 Å². The second kappa shape index (κ2) is 13.8. The molecule has 5 aromatic rings. The molecule has 6 nitrogen and oxygen atoms in total. The summed E-state index contributed by atoms with van der Waals surface area (Å²) in [5.74, 6) is -0.771. The third-order valence-corrected chi connectivity index (χ3v) is 7.83. The van der Waals surface area contributed by atoms with Crippen LogP contribution in [0.5, 0.6) is 0 Å². The number of benzene rings is 4. The molecule has 0 spiro atoms. The zero-order valence-corrected chi connectivity index (χ0v) is 25.2. The van der Waals surface area contributed by atoms with E-state index >= 15 is 0 Å². The SMILES string of the molecule is Cc1ccc2c(N3CCN(CCc4cccc(N(C(=O)Nc5ccc(F)cc5)c5ccc(F)cc5)c4)CC3)cccc2n1.Cl. The van der Waals surface area contributed by atoms with Crippen LogP contribution in [0.3, 0.4) is 0 Å². The van der Waals surface area contributed by atoms with E-state index in [0.717, 1.165) is 55.9 Å². The number of fused-ring (bicyclic) bond motifs is 1. The fraction of sp³-hybridized carbons (Fsp3) is 0.200. The number of carbonyl (C=O) groups is 1. The molecule has 0 radical (unpaired) electrons. The molecule has 0 unspecified atom stereocenters. The number of pyridine rings is 1. The average Bonchev–Trinajstić information content (AvgIpc) is 3.02. The molecule has 0 saturated carbocycles. The van der Waals surface area contributed by atoms with Crippen molar-refractivity contribution >= 4 is 52.1 Å². The predicted molar refractivity (Wildman–Crippen MR) is 176 cm³/mol. The van der Waals surface area contributed by atoms with Crippen LogP contribution >= 0.6 is 12.4 Å². The zero-order chi connectivity index (χ0) is 29.8. The third-order valence-electron chi connectivity index (χ3n) is 7.83. The first kappa shape index (κ1) is 30.9. The van der Waals surface area contributed by atoms with Crippen molar-refractivity contribution in [3.63, 3.8) is 0 Å². The summed E-state index contributed by atoms with van der Waals surface area (Å²) in [7, 11) is 0. The van der Waals surface area contributed by atoms with Gasteiger partial charge in [0, 0.05) is 55.2 Å². The summed E-state index contributed by atoms with van der Waals surface area (Å²) in [6.07, 6.45) is 0.822. The fourth-order valence-electron chi connectivity index (χ4n) is 5.55. The molecule has 1 fully saturated rings. The number of hydrogen-bond donors (Lipinski definition) is 1. The Hall–Kier alpha value is -4.53. The average molecular weight is 614 g/mol. The Morgan fingerprint density at radius 2 is 1.50 bits per heavy atom. The van der Waals surface area contributed by atoms with E-state index < -0.39 is 6.03 Å². The quantitative estimate of drug-likeness (QED) is 0.202. The van der Waals surface area contributed by atoms with Gasteiger partial charge in [-0.05, 0) is 104 Å². The minimum atomic E-state index is -0.426. The molecule has 1 aromatic heterocycles. The molecular weight excluding hydrogens is 580 g/mol. The van der Waals surface area contributed by atoms with Crippen LogP contribution in [0.4, 0.5) is 36.3 Å². The maximum Gasteiger partial charge on any atom is 0.330 e. The standard InChI is InChI=1S/C35H33F2N5O.ClH/c1-25-8-17-32-33(38-25)6-3-7-34(32)41-22-20-40(21-23-41)19-18-26-4-2-5-31(24-26)42(30-15-11-28(37)12-16-30)35(43)39-29-13-9-27(36)10-14-29;/h2-17,24H,18-23H2,1H3,(H,39,43);1H. The summed E-state index contributed by atoms with van der Waals surface area (Å²) in [5.41, 5.74) is 6.02. The van der Waals surface area contributed by atoms with E-state index in [1.54, 1.807) is 12.1 Å². The number of rotatable bonds is 7. The highest BCUT2D eigenvalue weighted by Crippen LogP contribution is 2.29. The number of halogens is 3. The number of amides is 2. The largest absolute Gasteiger partial charge is 0.368 e. The van der Waals surface area contributed by atoms with Crippen LogP contribution in [-0.2, 0) is 6.42 Å². The number of carbonyl (C=O) groups excluding carboxylic acids is 1. The predicted octanol–water partition coefficient (Wildman–Crippen LogP) is 7.98. The molecule has 9 heteroatoms. The topological polar surface area (TPSA) is 51.7 Å². The normalized spacial score (nSPS) is 13.4. The van der Waals surface area contributed by atoms with Crippen molar-refractivity contribution in [1.29, 1.82) is 0 Å². The van der Waals surface area contributed by atoms with E-state index in [1.807, 2.05) is 25.1 Å². The van der Waals surface area contributed by atoms with Crippen LogP contribution in [0, 0.1) is 18.6 Å². The van der Waals surface area contributed by atoms with E-state index in [2.05, 4.69) is 51.5 Å². The van der Waals surface area contributed by atoms with Crippen molar-refractivity contribution in [1.82, 2.24) is 9.88 Å². The van der Waals surface area contributed by atoms with Crippen molar-refractivity contribution in [3.05, 3.63) is 126 Å². The number of aryl methyl sites for hydroxylation is 1. The Balaban J connectivity index is 0.00000384. The van der Waals surface area contributed by atoms with E-state index in [-0.39, 0.29) is 24.0 Å². The number of hydrogen-bond acceptors (Lipinski definition) is 4. The Kier molecular flexibility index (Phi) is 9.72. The molecular formula is C35H34ClF2N5O. The minimum Gasteiger partial charge on any atom is -0.368 e. The van der Waals surface area contributed by atoms with Crippen LogP contribution in [-0.4, -0.2) is 48.6 Å². The first-order valence-electron chi connectivity index (χ1n) is 14.5. The van der Waals surface area contributed by atoms with Crippen molar-refractivity contribution in [3.8, 4) is 0 Å². The summed E-state index contributed by atoms with van der Waals surface area (Å²) >= 11 is 0. The number of piperazine rings is 1. The molecule has 2 amide bonds. The van der Waals surface area contributed by atoms with Crippen LogP contribution in [0.1, 0.15) is 11.3 Å². The van der Waals surface area contributed by atoms with Gasteiger partial charge in [-0.25, -0.2) is 13.6 Å². The minimum absolute atomic E-state index is 0. The molecule has 44 heavy (non-hydrogen) atoms. The smallest absolute Gasteiger partial charge is 0.330 e. The van der Waals surface area contributed by atoms with Crippen LogP contribution in [0.2, 0.25) is 0 Å². The Bertz CT molecular complexity index is 1720. The zero-order valence-electron chi connectivity index (χ0n) is 24.4. The summed E-state index contributed by atoms with van der Waals surface area (Å²) in [6, 6.07) is 29.4. The summed E-state index contributed by atoms with van der Waals surface area (Å²) < 4.78 is 27.1. The third kappa shape index (κ3) is 7.15. The number of anilines is 4. The summed E-state index contributed by atoms with van der Waals surface area (Å²) in [6.45, 7) is 6.70. The van der Waals surface area contributed by atoms with Gasteiger partial charge in [0.15, 0.2) is 0 Å². The van der Waals surface area contributed by atoms with Gasteiger partial charge in [-0.15, -0.1) is 12.4 Å². The molecule has 226 valence electrons. The lowest BCUT2D eigenvalue weighted by atomic mass is 10.1. The lowest BCUT2D eigenvalue weighted by Crippen LogP contribution is -2.47. The highest BCUT2D eigenvalue weighted by Gasteiger charge is 2.21. The van der Waals surface area contributed by atoms with Gasteiger partial charge in [0.1, 0.15) is 11.6 Å². The first-order chi connectivity index (χ1) is 20.9. The van der Waals surface area contributed by atoms with Gasteiger partial charge >= 0.3 is 6.03 Å². The Labute approximate surface area is 262 Å². The summed E-state index contributed by atoms with van der Waals surface area (Å²) in [4.78, 5) is 24.6. The van der Waals surface area contributed by atoms with Gasteiger partial charge in [-0.2, -0.15) is 0 Å². The molecule has 1 aliphatic rings. The van der Waals surface area contributed by atoms with E-state index in [4.69, 9.17) is 4.98 Å².